The number of unbranched alkanes of at least 4 members (excludes halogenated alkanes) is 3. The molecule has 1 aromatic carbocycles. The zero-order chi connectivity index (χ0) is 12.8. The monoisotopic (exact) mass is 239 g/mol. The van der Waals surface area contributed by atoms with E-state index < -0.39 is 11.8 Å². The van der Waals surface area contributed by atoms with Crippen molar-refractivity contribution in [2.45, 2.75) is 39.0 Å². The van der Waals surface area contributed by atoms with Gasteiger partial charge in [0.25, 0.3) is 0 Å². The summed E-state index contributed by atoms with van der Waals surface area (Å²) in [4.78, 5) is 10.7. The minimum atomic E-state index is -1.29. The first-order chi connectivity index (χ1) is 8.07. The summed E-state index contributed by atoms with van der Waals surface area (Å²) in [5, 5.41) is 8.73. The Morgan fingerprint density at radius 1 is 1.35 bits per heavy atom. The van der Waals surface area contributed by atoms with Crippen LogP contribution in [-0.2, 0) is 6.42 Å². The van der Waals surface area contributed by atoms with Crippen molar-refractivity contribution in [1.82, 2.24) is 0 Å². The van der Waals surface area contributed by atoms with Crippen LogP contribution < -0.4 is 5.73 Å². The molecule has 0 radical (unpaired) electrons. The Kier molecular flexibility index (Phi) is 4.94. The molecule has 0 saturated heterocycles. The van der Waals surface area contributed by atoms with Crippen LogP contribution in [0.25, 0.3) is 0 Å². The summed E-state index contributed by atoms with van der Waals surface area (Å²) in [6.45, 7) is 2.12. The Bertz CT molecular complexity index is 405. The lowest BCUT2D eigenvalue weighted by Gasteiger charge is -2.08. The third-order valence-corrected chi connectivity index (χ3v) is 2.80. The van der Waals surface area contributed by atoms with E-state index in [0.717, 1.165) is 25.7 Å². The van der Waals surface area contributed by atoms with Crippen LogP contribution in [0.4, 0.5) is 10.1 Å². The van der Waals surface area contributed by atoms with Gasteiger partial charge >= 0.3 is 5.97 Å². The summed E-state index contributed by atoms with van der Waals surface area (Å²) in [7, 11) is 0. The van der Waals surface area contributed by atoms with E-state index in [4.69, 9.17) is 10.8 Å². The fourth-order valence-corrected chi connectivity index (χ4v) is 1.76. The third-order valence-electron chi connectivity index (χ3n) is 2.80. The lowest BCUT2D eigenvalue weighted by Crippen LogP contribution is -2.06. The lowest BCUT2D eigenvalue weighted by atomic mass is 10.0. The molecule has 0 bridgehead atoms. The largest absolute Gasteiger partial charge is 0.478 e. The van der Waals surface area contributed by atoms with E-state index in [9.17, 15) is 9.18 Å². The van der Waals surface area contributed by atoms with E-state index in [-0.39, 0.29) is 11.3 Å². The molecule has 0 saturated carbocycles. The normalized spacial score (nSPS) is 10.5. The van der Waals surface area contributed by atoms with Crippen LogP contribution in [0.2, 0.25) is 0 Å². The molecule has 3 nitrogen and oxygen atoms in total. The predicted octanol–water partition coefficient (Wildman–Crippen LogP) is 3.23. The van der Waals surface area contributed by atoms with Gasteiger partial charge in [0, 0.05) is 0 Å². The molecule has 0 amide bonds. The van der Waals surface area contributed by atoms with Gasteiger partial charge in [0.2, 0.25) is 0 Å². The highest BCUT2D eigenvalue weighted by Gasteiger charge is 2.15. The van der Waals surface area contributed by atoms with Crippen molar-refractivity contribution in [1.29, 1.82) is 0 Å². The number of carboxylic acids is 1. The Balaban J connectivity index is 2.75. The smallest absolute Gasteiger partial charge is 0.338 e. The number of anilines is 1. The maximum Gasteiger partial charge on any atom is 0.338 e. The molecule has 0 aliphatic rings. The van der Waals surface area contributed by atoms with Crippen LogP contribution in [0, 0.1) is 5.82 Å². The second kappa shape index (κ2) is 6.23. The van der Waals surface area contributed by atoms with E-state index >= 15 is 0 Å². The molecule has 4 heteroatoms. The van der Waals surface area contributed by atoms with E-state index in [1.165, 1.54) is 6.07 Å². The zero-order valence-electron chi connectivity index (χ0n) is 10.0. The van der Waals surface area contributed by atoms with E-state index in [1.807, 2.05) is 0 Å². The van der Waals surface area contributed by atoms with Crippen molar-refractivity contribution >= 4 is 11.7 Å². The van der Waals surface area contributed by atoms with Crippen LogP contribution >= 0.6 is 0 Å². The average Bonchev–Trinajstić information content (AvgIpc) is 2.29. The Labute approximate surface area is 100 Å². The van der Waals surface area contributed by atoms with Crippen LogP contribution in [-0.4, -0.2) is 11.1 Å². The summed E-state index contributed by atoms with van der Waals surface area (Å²) in [6.07, 6.45) is 5.02. The average molecular weight is 239 g/mol. The minimum Gasteiger partial charge on any atom is -0.478 e. The van der Waals surface area contributed by atoms with Gasteiger partial charge in [0.05, 0.1) is 11.3 Å². The number of nitrogen functional groups attached to an aromatic ring is 1. The minimum absolute atomic E-state index is 0.0265. The fourth-order valence-electron chi connectivity index (χ4n) is 1.76. The number of rotatable bonds is 6. The molecule has 3 N–H and O–H groups in total. The first-order valence-electron chi connectivity index (χ1n) is 5.88. The van der Waals surface area contributed by atoms with Gasteiger partial charge in [-0.15, -0.1) is 0 Å². The van der Waals surface area contributed by atoms with Crippen LogP contribution in [0.5, 0.6) is 0 Å². The number of halogens is 1. The molecule has 17 heavy (non-hydrogen) atoms. The molecule has 0 aliphatic carbocycles. The van der Waals surface area contributed by atoms with Gasteiger partial charge in [-0.25, -0.2) is 9.18 Å². The molecule has 0 spiro atoms. The second-order valence-corrected chi connectivity index (χ2v) is 4.12. The van der Waals surface area contributed by atoms with Crippen LogP contribution in [0.1, 0.15) is 48.5 Å². The maximum absolute atomic E-state index is 13.6. The number of carboxylic acid groups (broad SMARTS) is 1. The van der Waals surface area contributed by atoms with Gasteiger partial charge in [-0.1, -0.05) is 32.3 Å². The van der Waals surface area contributed by atoms with Gasteiger partial charge < -0.3 is 10.8 Å². The van der Waals surface area contributed by atoms with Crippen molar-refractivity contribution in [3.8, 4) is 0 Å². The molecule has 0 aromatic heterocycles. The van der Waals surface area contributed by atoms with Gasteiger partial charge in [0.1, 0.15) is 0 Å². The summed E-state index contributed by atoms with van der Waals surface area (Å²) < 4.78 is 13.6. The summed E-state index contributed by atoms with van der Waals surface area (Å²) in [5.41, 5.74) is 5.91. The van der Waals surface area contributed by atoms with Gasteiger partial charge in [-0.05, 0) is 24.5 Å². The number of hydrogen-bond acceptors (Lipinski definition) is 2. The zero-order valence-corrected chi connectivity index (χ0v) is 10.0. The number of aromatic carboxylic acids is 1. The molecule has 0 fully saturated rings. The highest BCUT2D eigenvalue weighted by molar-refractivity contribution is 5.89. The molecular weight excluding hydrogens is 221 g/mol. The maximum atomic E-state index is 13.6. The molecular formula is C13H18FNO2. The summed E-state index contributed by atoms with van der Waals surface area (Å²) >= 11 is 0. The lowest BCUT2D eigenvalue weighted by molar-refractivity contribution is 0.0692. The second-order valence-electron chi connectivity index (χ2n) is 4.12. The highest BCUT2D eigenvalue weighted by Crippen LogP contribution is 2.22. The Morgan fingerprint density at radius 2 is 2.06 bits per heavy atom. The van der Waals surface area contributed by atoms with Crippen molar-refractivity contribution in [2.24, 2.45) is 0 Å². The van der Waals surface area contributed by atoms with Crippen LogP contribution in [0.3, 0.4) is 0 Å². The number of aryl methyl sites for hydroxylation is 1. The van der Waals surface area contributed by atoms with Crippen LogP contribution in [0.15, 0.2) is 12.1 Å². The molecule has 1 aromatic rings. The quantitative estimate of drug-likeness (QED) is 0.591. The Morgan fingerprint density at radius 3 is 2.65 bits per heavy atom. The molecule has 0 atom stereocenters. The third kappa shape index (κ3) is 3.44. The first-order valence-corrected chi connectivity index (χ1v) is 5.88. The number of carbonyl (C=O) groups is 1. The SMILES string of the molecule is CCCCCCc1ccc(C(=O)O)c(F)c1N. The topological polar surface area (TPSA) is 63.3 Å². The first kappa shape index (κ1) is 13.5. The number of hydrogen-bond donors (Lipinski definition) is 2. The van der Waals surface area contributed by atoms with E-state index in [0.29, 0.717) is 12.0 Å². The van der Waals surface area contributed by atoms with Crippen molar-refractivity contribution in [3.05, 3.63) is 29.1 Å². The van der Waals surface area contributed by atoms with Crippen molar-refractivity contribution < 1.29 is 14.3 Å². The van der Waals surface area contributed by atoms with Crippen molar-refractivity contribution in [2.75, 3.05) is 5.73 Å². The molecule has 0 aliphatic heterocycles. The summed E-state index contributed by atoms with van der Waals surface area (Å²) in [5.74, 6) is -2.10. The molecule has 0 unspecified atom stereocenters. The molecule has 0 heterocycles. The van der Waals surface area contributed by atoms with E-state index in [1.54, 1.807) is 6.07 Å². The number of nitrogens with two attached hydrogens (primary N) is 1. The van der Waals surface area contributed by atoms with Crippen molar-refractivity contribution in [3.63, 3.8) is 0 Å². The Hall–Kier alpha value is -1.58. The predicted molar refractivity (Wildman–Crippen MR) is 65.6 cm³/mol. The highest BCUT2D eigenvalue weighted by atomic mass is 19.1. The molecule has 1 rings (SSSR count). The summed E-state index contributed by atoms with van der Waals surface area (Å²) in [6, 6.07) is 2.89. The fraction of sp³-hybridized carbons (Fsp3) is 0.462. The molecule has 94 valence electrons. The standard InChI is InChI=1S/C13H18FNO2/c1-2-3-4-5-6-9-7-8-10(13(16)17)11(14)12(9)15/h7-8H,2-6,15H2,1H3,(H,16,17). The van der Waals surface area contributed by atoms with Gasteiger partial charge in [0.15, 0.2) is 5.82 Å². The van der Waals surface area contributed by atoms with Gasteiger partial charge in [-0.3, -0.25) is 0 Å². The van der Waals surface area contributed by atoms with E-state index in [2.05, 4.69) is 6.92 Å². The van der Waals surface area contributed by atoms with Gasteiger partial charge in [-0.2, -0.15) is 0 Å². The number of benzene rings is 1.